The molecule has 1 aliphatic heterocycles. The zero-order valence-corrected chi connectivity index (χ0v) is 8.58. The highest BCUT2D eigenvalue weighted by atomic mass is 35.5. The third kappa shape index (κ3) is 1.11. The number of aromatic nitrogens is 1. The summed E-state index contributed by atoms with van der Waals surface area (Å²) in [5, 5.41) is 4.64. The maximum atomic E-state index is 5.96. The Kier molecular flexibility index (Phi) is 1.65. The van der Waals surface area contributed by atoms with Crippen molar-refractivity contribution in [2.75, 3.05) is 6.54 Å². The fourth-order valence-electron chi connectivity index (χ4n) is 1.87. The van der Waals surface area contributed by atoms with Crippen molar-refractivity contribution in [2.24, 2.45) is 0 Å². The highest BCUT2D eigenvalue weighted by molar-refractivity contribution is 7.22. The van der Waals surface area contributed by atoms with Crippen molar-refractivity contribution in [3.63, 3.8) is 0 Å². The molecule has 2 aromatic heterocycles. The molecule has 0 radical (unpaired) electrons. The van der Waals surface area contributed by atoms with E-state index in [2.05, 4.69) is 16.0 Å². The smallest absolute Gasteiger partial charge is 0.104 e. The lowest BCUT2D eigenvalue weighted by Crippen LogP contribution is -2.27. The molecule has 3 heterocycles. The molecule has 13 heavy (non-hydrogen) atoms. The summed E-state index contributed by atoms with van der Waals surface area (Å²) in [6.07, 6.45) is 0. The Morgan fingerprint density at radius 1 is 1.46 bits per heavy atom. The Morgan fingerprint density at radius 2 is 2.38 bits per heavy atom. The second-order valence-electron chi connectivity index (χ2n) is 3.28. The van der Waals surface area contributed by atoms with Gasteiger partial charge in [-0.15, -0.1) is 11.3 Å². The third-order valence-corrected chi connectivity index (χ3v) is 3.75. The van der Waals surface area contributed by atoms with Crippen LogP contribution in [0.25, 0.3) is 10.2 Å². The number of nitrogens with zero attached hydrogens (tertiary/aromatic N) is 1. The summed E-state index contributed by atoms with van der Waals surface area (Å²) in [6.45, 7) is 3.11. The molecule has 0 bridgehead atoms. The predicted octanol–water partition coefficient (Wildman–Crippen LogP) is 2.46. The molecule has 0 aliphatic carbocycles. The van der Waals surface area contributed by atoms with E-state index in [-0.39, 0.29) is 0 Å². The van der Waals surface area contributed by atoms with E-state index < -0.39 is 0 Å². The number of fused-ring (bicyclic) bond motifs is 3. The number of hydrogen-bond donors (Lipinski definition) is 1. The van der Waals surface area contributed by atoms with Crippen LogP contribution in [0.1, 0.15) is 5.69 Å². The van der Waals surface area contributed by atoms with Crippen molar-refractivity contribution in [3.05, 3.63) is 22.2 Å². The van der Waals surface area contributed by atoms with E-state index in [1.165, 1.54) is 15.9 Å². The van der Waals surface area contributed by atoms with Crippen molar-refractivity contribution >= 4 is 33.2 Å². The minimum Gasteiger partial charge on any atom is -0.334 e. The van der Waals surface area contributed by atoms with Gasteiger partial charge in [0.15, 0.2) is 0 Å². The summed E-state index contributed by atoms with van der Waals surface area (Å²) in [7, 11) is 0. The van der Waals surface area contributed by atoms with Crippen LogP contribution in [0.2, 0.25) is 4.34 Å². The first-order chi connectivity index (χ1) is 6.34. The molecule has 3 rings (SSSR count). The van der Waals surface area contributed by atoms with E-state index in [9.17, 15) is 0 Å². The van der Waals surface area contributed by atoms with Gasteiger partial charge in [-0.3, -0.25) is 0 Å². The molecule has 68 valence electrons. The molecule has 2 nitrogen and oxygen atoms in total. The maximum Gasteiger partial charge on any atom is 0.104 e. The van der Waals surface area contributed by atoms with Crippen molar-refractivity contribution in [1.29, 1.82) is 0 Å². The van der Waals surface area contributed by atoms with Gasteiger partial charge in [0.05, 0.1) is 4.34 Å². The largest absolute Gasteiger partial charge is 0.334 e. The molecule has 0 atom stereocenters. The predicted molar refractivity (Wildman–Crippen MR) is 56.5 cm³/mol. The van der Waals surface area contributed by atoms with Gasteiger partial charge in [-0.2, -0.15) is 0 Å². The zero-order valence-electron chi connectivity index (χ0n) is 7.01. The first kappa shape index (κ1) is 7.85. The van der Waals surface area contributed by atoms with Crippen LogP contribution in [0.3, 0.4) is 0 Å². The third-order valence-electron chi connectivity index (χ3n) is 2.44. The number of rotatable bonds is 0. The van der Waals surface area contributed by atoms with Crippen molar-refractivity contribution in [1.82, 2.24) is 9.88 Å². The first-order valence-electron chi connectivity index (χ1n) is 4.33. The molecule has 1 aliphatic rings. The number of hydrogen-bond acceptors (Lipinski definition) is 2. The molecular weight excluding hydrogens is 204 g/mol. The van der Waals surface area contributed by atoms with Gasteiger partial charge in [0.1, 0.15) is 4.83 Å². The molecular formula is C9H9ClN2S. The van der Waals surface area contributed by atoms with Crippen molar-refractivity contribution in [2.45, 2.75) is 13.1 Å². The average molecular weight is 213 g/mol. The summed E-state index contributed by atoms with van der Waals surface area (Å²) >= 11 is 7.63. The standard InChI is InChI=1S/C9H9ClN2S/c10-8-4-6-3-7-5-11-1-2-12(7)9(6)13-8/h3-4,11H,1-2,5H2. The van der Waals surface area contributed by atoms with Gasteiger partial charge >= 0.3 is 0 Å². The van der Waals surface area contributed by atoms with Gasteiger partial charge in [-0.25, -0.2) is 0 Å². The second kappa shape index (κ2) is 2.74. The van der Waals surface area contributed by atoms with Gasteiger partial charge in [0.25, 0.3) is 0 Å². The fraction of sp³-hybridized carbons (Fsp3) is 0.333. The van der Waals surface area contributed by atoms with E-state index >= 15 is 0 Å². The highest BCUT2D eigenvalue weighted by Gasteiger charge is 2.14. The van der Waals surface area contributed by atoms with E-state index in [1.54, 1.807) is 11.3 Å². The quantitative estimate of drug-likeness (QED) is 0.710. The van der Waals surface area contributed by atoms with Crippen LogP contribution in [-0.2, 0) is 13.1 Å². The monoisotopic (exact) mass is 212 g/mol. The van der Waals surface area contributed by atoms with Crippen LogP contribution in [0.4, 0.5) is 0 Å². The Hall–Kier alpha value is -0.510. The minimum atomic E-state index is 0.888. The molecule has 4 heteroatoms. The topological polar surface area (TPSA) is 17.0 Å². The molecule has 0 spiro atoms. The number of nitrogens with one attached hydrogen (secondary N) is 1. The summed E-state index contributed by atoms with van der Waals surface area (Å²) in [5.74, 6) is 0. The van der Waals surface area contributed by atoms with Gasteiger partial charge in [-0.05, 0) is 12.1 Å². The minimum absolute atomic E-state index is 0.888. The zero-order chi connectivity index (χ0) is 8.84. The molecule has 0 saturated carbocycles. The molecule has 0 saturated heterocycles. The fourth-order valence-corrected chi connectivity index (χ4v) is 3.13. The Labute approximate surface area is 85.1 Å². The Bertz CT molecular complexity index is 457. The molecule has 1 N–H and O–H groups in total. The Balaban J connectivity index is 2.30. The van der Waals surface area contributed by atoms with Crippen LogP contribution in [0.15, 0.2) is 12.1 Å². The molecule has 2 aromatic rings. The van der Waals surface area contributed by atoms with E-state index in [0.717, 1.165) is 24.0 Å². The van der Waals surface area contributed by atoms with Crippen molar-refractivity contribution in [3.8, 4) is 0 Å². The van der Waals surface area contributed by atoms with Crippen LogP contribution < -0.4 is 5.32 Å². The lowest BCUT2D eigenvalue weighted by Gasteiger charge is -2.16. The molecule has 0 unspecified atom stereocenters. The normalized spacial score (nSPS) is 16.4. The highest BCUT2D eigenvalue weighted by Crippen LogP contribution is 2.32. The summed E-state index contributed by atoms with van der Waals surface area (Å²) < 4.78 is 3.25. The second-order valence-corrected chi connectivity index (χ2v) is 4.94. The average Bonchev–Trinajstić information content (AvgIpc) is 2.60. The Morgan fingerprint density at radius 3 is 3.31 bits per heavy atom. The van der Waals surface area contributed by atoms with Gasteiger partial charge in [0.2, 0.25) is 0 Å². The summed E-state index contributed by atoms with van der Waals surface area (Å²) in [6, 6.07) is 4.27. The molecule has 0 fully saturated rings. The lowest BCUT2D eigenvalue weighted by molar-refractivity contribution is 0.528. The SMILES string of the molecule is Clc1cc2cc3n(c2s1)CCNC3. The van der Waals surface area contributed by atoms with Gasteiger partial charge in [-0.1, -0.05) is 11.6 Å². The molecule has 0 aromatic carbocycles. The van der Waals surface area contributed by atoms with Crippen LogP contribution in [-0.4, -0.2) is 11.1 Å². The van der Waals surface area contributed by atoms with Gasteiger partial charge in [0, 0.05) is 30.7 Å². The van der Waals surface area contributed by atoms with Crippen LogP contribution in [0.5, 0.6) is 0 Å². The van der Waals surface area contributed by atoms with Crippen LogP contribution >= 0.6 is 22.9 Å². The van der Waals surface area contributed by atoms with E-state index in [0.29, 0.717) is 0 Å². The van der Waals surface area contributed by atoms with E-state index in [1.807, 2.05) is 6.07 Å². The van der Waals surface area contributed by atoms with Crippen molar-refractivity contribution < 1.29 is 0 Å². The molecule has 0 amide bonds. The van der Waals surface area contributed by atoms with E-state index in [4.69, 9.17) is 11.6 Å². The summed E-state index contributed by atoms with van der Waals surface area (Å²) in [4.78, 5) is 1.32. The lowest BCUT2D eigenvalue weighted by atomic mass is 10.3. The summed E-state index contributed by atoms with van der Waals surface area (Å²) in [5.41, 5.74) is 1.38. The maximum absolute atomic E-state index is 5.96. The van der Waals surface area contributed by atoms with Crippen LogP contribution in [0, 0.1) is 0 Å². The number of halogens is 1. The number of thiophene rings is 1. The van der Waals surface area contributed by atoms with Gasteiger partial charge < -0.3 is 9.88 Å². The first-order valence-corrected chi connectivity index (χ1v) is 5.52.